The number of aromatic carboxylic acids is 1. The van der Waals surface area contributed by atoms with Crippen molar-refractivity contribution >= 4 is 11.9 Å². The number of carbonyl (C=O) groups is 2. The van der Waals surface area contributed by atoms with Gasteiger partial charge in [0, 0.05) is 0 Å². The summed E-state index contributed by atoms with van der Waals surface area (Å²) < 4.78 is 5.34. The molecule has 0 bridgehead atoms. The Labute approximate surface area is 107 Å². The quantitative estimate of drug-likeness (QED) is 0.816. The maximum absolute atomic E-state index is 12.0. The molecule has 1 rings (SSSR count). The molecule has 4 heteroatoms. The van der Waals surface area contributed by atoms with Gasteiger partial charge in [0.25, 0.3) is 0 Å². The van der Waals surface area contributed by atoms with Gasteiger partial charge in [-0.2, -0.15) is 0 Å². The van der Waals surface area contributed by atoms with Gasteiger partial charge >= 0.3 is 11.9 Å². The number of hydrogen-bond acceptors (Lipinski definition) is 3. The minimum atomic E-state index is -1.12. The molecule has 0 aliphatic heterocycles. The molecular weight excluding hydrogens is 232 g/mol. The number of carboxylic acid groups (broad SMARTS) is 1. The van der Waals surface area contributed by atoms with Crippen LogP contribution in [0.15, 0.2) is 24.3 Å². The van der Waals surface area contributed by atoms with Crippen molar-refractivity contribution < 1.29 is 19.4 Å². The van der Waals surface area contributed by atoms with E-state index in [2.05, 4.69) is 0 Å². The van der Waals surface area contributed by atoms with E-state index in [9.17, 15) is 9.59 Å². The second kappa shape index (κ2) is 6.19. The minimum absolute atomic E-state index is 0.0268. The Morgan fingerprint density at radius 3 is 2.22 bits per heavy atom. The topological polar surface area (TPSA) is 63.6 Å². The Morgan fingerprint density at radius 1 is 1.22 bits per heavy atom. The third-order valence-corrected chi connectivity index (χ3v) is 2.78. The third-order valence-electron chi connectivity index (χ3n) is 2.78. The Bertz CT molecular complexity index is 437. The van der Waals surface area contributed by atoms with Gasteiger partial charge in [0.2, 0.25) is 0 Å². The number of carboxylic acids is 1. The first-order chi connectivity index (χ1) is 8.47. The van der Waals surface area contributed by atoms with Crippen molar-refractivity contribution in [3.05, 3.63) is 35.4 Å². The van der Waals surface area contributed by atoms with Crippen molar-refractivity contribution in [2.45, 2.75) is 33.3 Å². The molecule has 1 unspecified atom stereocenters. The van der Waals surface area contributed by atoms with E-state index in [1.165, 1.54) is 12.1 Å². The number of hydrogen-bond donors (Lipinski definition) is 1. The van der Waals surface area contributed by atoms with Crippen LogP contribution in [-0.4, -0.2) is 23.1 Å². The lowest BCUT2D eigenvalue weighted by Crippen LogP contribution is -2.24. The van der Waals surface area contributed by atoms with Gasteiger partial charge in [0.15, 0.2) is 0 Å². The zero-order valence-electron chi connectivity index (χ0n) is 10.8. The highest BCUT2D eigenvalue weighted by Crippen LogP contribution is 2.16. The fraction of sp³-hybridized carbons (Fsp3) is 0.429. The molecule has 0 saturated heterocycles. The smallest absolute Gasteiger partial charge is 0.339 e. The van der Waals surface area contributed by atoms with Crippen molar-refractivity contribution in [1.29, 1.82) is 0 Å². The molecule has 0 aliphatic rings. The molecule has 18 heavy (non-hydrogen) atoms. The lowest BCUT2D eigenvalue weighted by molar-refractivity contribution is 0.0169. The van der Waals surface area contributed by atoms with Crippen molar-refractivity contribution in [1.82, 2.24) is 0 Å². The largest absolute Gasteiger partial charge is 0.478 e. The molecule has 0 fully saturated rings. The third kappa shape index (κ3) is 3.32. The number of benzene rings is 1. The van der Waals surface area contributed by atoms with Gasteiger partial charge in [-0.05, 0) is 24.5 Å². The highest BCUT2D eigenvalue weighted by atomic mass is 16.5. The molecule has 0 aromatic heterocycles. The van der Waals surface area contributed by atoms with E-state index in [-0.39, 0.29) is 23.1 Å². The van der Waals surface area contributed by atoms with Gasteiger partial charge in [-0.25, -0.2) is 9.59 Å². The first-order valence-corrected chi connectivity index (χ1v) is 6.00. The van der Waals surface area contributed by atoms with Crippen LogP contribution in [0.25, 0.3) is 0 Å². The van der Waals surface area contributed by atoms with Crippen LogP contribution >= 0.6 is 0 Å². The molecular formula is C14H18O4. The molecule has 1 aromatic rings. The zero-order chi connectivity index (χ0) is 13.7. The molecule has 0 heterocycles. The second-order valence-corrected chi connectivity index (χ2v) is 4.45. The number of carbonyl (C=O) groups excluding carboxylic acids is 1. The molecule has 0 spiro atoms. The fourth-order valence-electron chi connectivity index (χ4n) is 1.74. The molecule has 4 nitrogen and oxygen atoms in total. The normalized spacial score (nSPS) is 12.2. The molecule has 0 aliphatic carbocycles. The van der Waals surface area contributed by atoms with Crippen molar-refractivity contribution in [3.8, 4) is 0 Å². The van der Waals surface area contributed by atoms with Crippen LogP contribution in [0.1, 0.15) is 47.9 Å². The first kappa shape index (κ1) is 14.2. The van der Waals surface area contributed by atoms with Gasteiger partial charge in [-0.15, -0.1) is 0 Å². The van der Waals surface area contributed by atoms with Crippen LogP contribution in [-0.2, 0) is 4.74 Å². The summed E-state index contributed by atoms with van der Waals surface area (Å²) in [5.41, 5.74) is 0.0743. The van der Waals surface area contributed by atoms with E-state index >= 15 is 0 Å². The maximum atomic E-state index is 12.0. The summed E-state index contributed by atoms with van der Waals surface area (Å²) in [6.07, 6.45) is 0.512. The van der Waals surface area contributed by atoms with Gasteiger partial charge < -0.3 is 9.84 Å². The van der Waals surface area contributed by atoms with Crippen LogP contribution in [0.2, 0.25) is 0 Å². The number of ether oxygens (including phenoxy) is 1. The average molecular weight is 250 g/mol. The summed E-state index contributed by atoms with van der Waals surface area (Å²) >= 11 is 0. The Hall–Kier alpha value is -1.84. The maximum Gasteiger partial charge on any atom is 0.339 e. The summed E-state index contributed by atoms with van der Waals surface area (Å²) in [7, 11) is 0. The highest BCUT2D eigenvalue weighted by Gasteiger charge is 2.21. The highest BCUT2D eigenvalue weighted by molar-refractivity contribution is 6.02. The van der Waals surface area contributed by atoms with Crippen molar-refractivity contribution in [2.24, 2.45) is 5.92 Å². The molecule has 1 N–H and O–H groups in total. The van der Waals surface area contributed by atoms with Crippen molar-refractivity contribution in [3.63, 3.8) is 0 Å². The van der Waals surface area contributed by atoms with Gasteiger partial charge in [-0.3, -0.25) is 0 Å². The Kier molecular flexibility index (Phi) is 4.89. The molecule has 0 amide bonds. The predicted octanol–water partition coefficient (Wildman–Crippen LogP) is 2.98. The summed E-state index contributed by atoms with van der Waals surface area (Å²) in [5, 5.41) is 9.01. The van der Waals surface area contributed by atoms with E-state index < -0.39 is 11.9 Å². The van der Waals surface area contributed by atoms with E-state index in [1.807, 2.05) is 20.8 Å². The van der Waals surface area contributed by atoms with E-state index in [1.54, 1.807) is 12.1 Å². The fourth-order valence-corrected chi connectivity index (χ4v) is 1.74. The summed E-state index contributed by atoms with van der Waals surface area (Å²) in [4.78, 5) is 23.0. The van der Waals surface area contributed by atoms with Crippen LogP contribution in [0.4, 0.5) is 0 Å². The molecule has 0 saturated carbocycles. The summed E-state index contributed by atoms with van der Waals surface area (Å²) in [6, 6.07) is 6.08. The number of rotatable bonds is 5. The SMILES string of the molecule is CCC(OC(=O)c1ccccc1C(=O)O)C(C)C. The van der Waals surface area contributed by atoms with Crippen LogP contribution in [0.3, 0.4) is 0 Å². The predicted molar refractivity (Wildman–Crippen MR) is 67.7 cm³/mol. The standard InChI is InChI=1S/C14H18O4/c1-4-12(9(2)3)18-14(17)11-8-6-5-7-10(11)13(15)16/h5-9,12H,4H2,1-3H3,(H,15,16). The summed E-state index contributed by atoms with van der Waals surface area (Å²) in [6.45, 7) is 5.86. The molecule has 1 atom stereocenters. The Morgan fingerprint density at radius 2 is 1.78 bits per heavy atom. The lowest BCUT2D eigenvalue weighted by Gasteiger charge is -2.20. The average Bonchev–Trinajstić information content (AvgIpc) is 2.35. The Balaban J connectivity index is 2.94. The first-order valence-electron chi connectivity index (χ1n) is 6.00. The van der Waals surface area contributed by atoms with Crippen LogP contribution in [0, 0.1) is 5.92 Å². The number of esters is 1. The molecule has 98 valence electrons. The second-order valence-electron chi connectivity index (χ2n) is 4.45. The van der Waals surface area contributed by atoms with E-state index in [0.29, 0.717) is 6.42 Å². The zero-order valence-corrected chi connectivity index (χ0v) is 10.8. The van der Waals surface area contributed by atoms with Crippen LogP contribution in [0.5, 0.6) is 0 Å². The van der Waals surface area contributed by atoms with Gasteiger partial charge in [0.05, 0.1) is 11.1 Å². The van der Waals surface area contributed by atoms with Gasteiger partial charge in [0.1, 0.15) is 6.10 Å². The monoisotopic (exact) mass is 250 g/mol. The summed E-state index contributed by atoms with van der Waals surface area (Å²) in [5.74, 6) is -1.50. The molecule has 0 radical (unpaired) electrons. The van der Waals surface area contributed by atoms with E-state index in [4.69, 9.17) is 9.84 Å². The minimum Gasteiger partial charge on any atom is -0.478 e. The van der Waals surface area contributed by atoms with Crippen LogP contribution < -0.4 is 0 Å². The molecule has 1 aromatic carbocycles. The lowest BCUT2D eigenvalue weighted by atomic mass is 10.0. The van der Waals surface area contributed by atoms with Gasteiger partial charge in [-0.1, -0.05) is 32.9 Å². The van der Waals surface area contributed by atoms with Crippen molar-refractivity contribution in [2.75, 3.05) is 0 Å². The van der Waals surface area contributed by atoms with E-state index in [0.717, 1.165) is 0 Å².